The molecule has 0 aliphatic heterocycles. The molecule has 0 saturated heterocycles. The van der Waals surface area contributed by atoms with E-state index in [9.17, 15) is 4.79 Å². The highest BCUT2D eigenvalue weighted by Crippen LogP contribution is 2.18. The van der Waals surface area contributed by atoms with E-state index >= 15 is 0 Å². The minimum Gasteiger partial charge on any atom is -0.355 e. The van der Waals surface area contributed by atoms with E-state index in [1.54, 1.807) is 19.5 Å². The first-order valence-corrected chi connectivity index (χ1v) is 9.18. The van der Waals surface area contributed by atoms with Gasteiger partial charge >= 0.3 is 0 Å². The Hall–Kier alpha value is -3.87. The molecule has 5 N–H and O–H groups in total. The third-order valence-corrected chi connectivity index (χ3v) is 4.57. The molecule has 0 aliphatic carbocycles. The van der Waals surface area contributed by atoms with Crippen LogP contribution in [0.1, 0.15) is 38.2 Å². The highest BCUT2D eigenvalue weighted by atomic mass is 16.1. The molecule has 1 amide bonds. The van der Waals surface area contributed by atoms with E-state index in [4.69, 9.17) is 11.7 Å². The fourth-order valence-electron chi connectivity index (χ4n) is 3.22. The van der Waals surface area contributed by atoms with Gasteiger partial charge in [-0.25, -0.2) is 0 Å². The van der Waals surface area contributed by atoms with Crippen LogP contribution in [0.5, 0.6) is 0 Å². The van der Waals surface area contributed by atoms with Crippen LogP contribution < -0.4 is 17.0 Å². The summed E-state index contributed by atoms with van der Waals surface area (Å²) in [4.78, 5) is 12.4. The Morgan fingerprint density at radius 1 is 1.00 bits per heavy atom. The molecule has 0 fully saturated rings. The number of benzene rings is 2. The van der Waals surface area contributed by atoms with Crippen LogP contribution in [-0.4, -0.2) is 30.0 Å². The second kappa shape index (κ2) is 9.36. The van der Waals surface area contributed by atoms with Gasteiger partial charge in [0.05, 0.1) is 18.0 Å². The van der Waals surface area contributed by atoms with Gasteiger partial charge in [0.25, 0.3) is 5.91 Å². The Balaban J connectivity index is 1.86. The van der Waals surface area contributed by atoms with Crippen molar-refractivity contribution in [1.29, 1.82) is 0 Å². The van der Waals surface area contributed by atoms with Gasteiger partial charge in [0.15, 0.2) is 0 Å². The maximum absolute atomic E-state index is 12.4. The SMILES string of the molecule is CNC(=O)c1cn(Cc2cccc(C=NN)c2)cc1Cc1ccc(C=NN)cc1. The minimum atomic E-state index is -0.102. The standard InChI is InChI=1S/C22H24N6O/c1-25-22(29)21-15-28(13-19-4-2-3-18(9-19)12-27-24)14-20(21)10-16-5-7-17(8-6-16)11-26-23/h2-9,11-12,14-15H,10,13,23-24H2,1H3,(H,25,29). The van der Waals surface area contributed by atoms with Gasteiger partial charge in [0, 0.05) is 26.0 Å². The predicted octanol–water partition coefficient (Wildman–Crippen LogP) is 2.07. The van der Waals surface area contributed by atoms with E-state index in [1.165, 1.54) is 0 Å². The zero-order valence-electron chi connectivity index (χ0n) is 16.2. The molecule has 0 bridgehead atoms. The maximum Gasteiger partial charge on any atom is 0.252 e. The van der Waals surface area contributed by atoms with E-state index in [-0.39, 0.29) is 5.91 Å². The first kappa shape index (κ1) is 19.9. The number of hydrogen-bond acceptors (Lipinski definition) is 5. The van der Waals surface area contributed by atoms with Crippen LogP contribution in [0.3, 0.4) is 0 Å². The van der Waals surface area contributed by atoms with Crippen molar-refractivity contribution in [1.82, 2.24) is 9.88 Å². The molecule has 0 spiro atoms. The summed E-state index contributed by atoms with van der Waals surface area (Å²) in [5.74, 6) is 10.3. The van der Waals surface area contributed by atoms with Gasteiger partial charge in [0.2, 0.25) is 0 Å². The highest BCUT2D eigenvalue weighted by molar-refractivity contribution is 5.95. The normalized spacial score (nSPS) is 11.3. The summed E-state index contributed by atoms with van der Waals surface area (Å²) >= 11 is 0. The Morgan fingerprint density at radius 2 is 1.72 bits per heavy atom. The lowest BCUT2D eigenvalue weighted by Gasteiger charge is -2.04. The van der Waals surface area contributed by atoms with Crippen LogP contribution in [-0.2, 0) is 13.0 Å². The third-order valence-electron chi connectivity index (χ3n) is 4.57. The van der Waals surface area contributed by atoms with E-state index < -0.39 is 0 Å². The average molecular weight is 388 g/mol. The first-order valence-electron chi connectivity index (χ1n) is 9.18. The van der Waals surface area contributed by atoms with Crippen LogP contribution in [0.15, 0.2) is 71.1 Å². The number of carbonyl (C=O) groups excluding carboxylic acids is 1. The van der Waals surface area contributed by atoms with Crippen molar-refractivity contribution in [2.45, 2.75) is 13.0 Å². The fraction of sp³-hybridized carbons (Fsp3) is 0.136. The predicted molar refractivity (Wildman–Crippen MR) is 116 cm³/mol. The van der Waals surface area contributed by atoms with E-state index in [0.717, 1.165) is 27.8 Å². The Morgan fingerprint density at radius 3 is 2.41 bits per heavy atom. The summed E-state index contributed by atoms with van der Waals surface area (Å²) in [5, 5.41) is 9.83. The molecule has 2 aromatic carbocycles. The summed E-state index contributed by atoms with van der Waals surface area (Å²) in [6, 6.07) is 15.9. The zero-order chi connectivity index (χ0) is 20.6. The summed E-state index contributed by atoms with van der Waals surface area (Å²) in [5.41, 5.74) is 5.69. The first-order chi connectivity index (χ1) is 14.1. The summed E-state index contributed by atoms with van der Waals surface area (Å²) in [6.45, 7) is 0.641. The molecular formula is C22H24N6O. The van der Waals surface area contributed by atoms with Gasteiger partial charge in [-0.3, -0.25) is 4.79 Å². The van der Waals surface area contributed by atoms with E-state index in [0.29, 0.717) is 18.5 Å². The number of rotatable bonds is 7. The van der Waals surface area contributed by atoms with Crippen molar-refractivity contribution in [3.05, 3.63) is 94.3 Å². The van der Waals surface area contributed by atoms with Gasteiger partial charge in [-0.2, -0.15) is 10.2 Å². The number of nitrogens with two attached hydrogens (primary N) is 2. The molecule has 7 nitrogen and oxygen atoms in total. The molecule has 29 heavy (non-hydrogen) atoms. The maximum atomic E-state index is 12.4. The lowest BCUT2D eigenvalue weighted by atomic mass is 10.0. The van der Waals surface area contributed by atoms with Crippen LogP contribution >= 0.6 is 0 Å². The van der Waals surface area contributed by atoms with Crippen molar-refractivity contribution in [2.24, 2.45) is 21.9 Å². The quantitative estimate of drug-likeness (QED) is 0.327. The smallest absolute Gasteiger partial charge is 0.252 e. The van der Waals surface area contributed by atoms with Gasteiger partial charge in [-0.15, -0.1) is 0 Å². The number of hydrogen-bond donors (Lipinski definition) is 3. The molecule has 3 aromatic rings. The topological polar surface area (TPSA) is 111 Å². The monoisotopic (exact) mass is 388 g/mol. The van der Waals surface area contributed by atoms with Crippen molar-refractivity contribution >= 4 is 18.3 Å². The van der Waals surface area contributed by atoms with Crippen LogP contribution in [0, 0.1) is 0 Å². The lowest BCUT2D eigenvalue weighted by molar-refractivity contribution is 0.0962. The van der Waals surface area contributed by atoms with Crippen molar-refractivity contribution < 1.29 is 4.79 Å². The molecule has 0 unspecified atom stereocenters. The summed E-state index contributed by atoms with van der Waals surface area (Å²) < 4.78 is 2.02. The number of aromatic nitrogens is 1. The summed E-state index contributed by atoms with van der Waals surface area (Å²) in [6.07, 6.45) is 7.76. The number of amides is 1. The molecule has 3 rings (SSSR count). The van der Waals surface area contributed by atoms with Gasteiger partial charge < -0.3 is 21.6 Å². The second-order valence-corrected chi connectivity index (χ2v) is 6.67. The largest absolute Gasteiger partial charge is 0.355 e. The Labute approximate surface area is 169 Å². The van der Waals surface area contributed by atoms with Crippen molar-refractivity contribution in [2.75, 3.05) is 7.05 Å². The van der Waals surface area contributed by atoms with Crippen molar-refractivity contribution in [3.63, 3.8) is 0 Å². The van der Waals surface area contributed by atoms with Crippen LogP contribution in [0.25, 0.3) is 0 Å². The number of nitrogens with one attached hydrogen (secondary N) is 1. The van der Waals surface area contributed by atoms with Crippen molar-refractivity contribution in [3.8, 4) is 0 Å². The Kier molecular flexibility index (Phi) is 6.42. The van der Waals surface area contributed by atoms with E-state index in [2.05, 4.69) is 15.5 Å². The van der Waals surface area contributed by atoms with Crippen LogP contribution in [0.2, 0.25) is 0 Å². The zero-order valence-corrected chi connectivity index (χ0v) is 16.2. The molecule has 0 atom stereocenters. The number of carbonyl (C=O) groups is 1. The average Bonchev–Trinajstić information content (AvgIpc) is 3.11. The van der Waals surface area contributed by atoms with Crippen LogP contribution in [0.4, 0.5) is 0 Å². The summed E-state index contributed by atoms with van der Waals surface area (Å²) in [7, 11) is 1.64. The molecule has 0 aliphatic rings. The second-order valence-electron chi connectivity index (χ2n) is 6.67. The van der Waals surface area contributed by atoms with E-state index in [1.807, 2.05) is 65.5 Å². The Bertz CT molecular complexity index is 1030. The van der Waals surface area contributed by atoms with Gasteiger partial charge in [-0.05, 0) is 40.3 Å². The number of hydrazone groups is 2. The molecule has 1 aromatic heterocycles. The molecular weight excluding hydrogens is 364 g/mol. The third kappa shape index (κ3) is 5.10. The molecule has 0 radical (unpaired) electrons. The highest BCUT2D eigenvalue weighted by Gasteiger charge is 2.14. The number of nitrogens with zero attached hydrogens (tertiary/aromatic N) is 3. The van der Waals surface area contributed by atoms with Gasteiger partial charge in [0.1, 0.15) is 0 Å². The fourth-order valence-corrected chi connectivity index (χ4v) is 3.22. The minimum absolute atomic E-state index is 0.102. The lowest BCUT2D eigenvalue weighted by Crippen LogP contribution is -2.18. The molecule has 1 heterocycles. The molecule has 148 valence electrons. The van der Waals surface area contributed by atoms with Gasteiger partial charge in [-0.1, -0.05) is 42.5 Å². The molecule has 7 heteroatoms. The molecule has 0 saturated carbocycles.